The van der Waals surface area contributed by atoms with Crippen LogP contribution in [0.25, 0.3) is 0 Å². The molecule has 33 heavy (non-hydrogen) atoms. The van der Waals surface area contributed by atoms with E-state index in [0.717, 1.165) is 22.5 Å². The Labute approximate surface area is 197 Å². The molecule has 7 nitrogen and oxygen atoms in total. The van der Waals surface area contributed by atoms with Gasteiger partial charge in [0.2, 0.25) is 10.0 Å². The highest BCUT2D eigenvalue weighted by Gasteiger charge is 2.32. The van der Waals surface area contributed by atoms with Crippen molar-refractivity contribution in [2.45, 2.75) is 57.4 Å². The summed E-state index contributed by atoms with van der Waals surface area (Å²) < 4.78 is 35.6. The van der Waals surface area contributed by atoms with Crippen LogP contribution in [0.1, 0.15) is 59.0 Å². The van der Waals surface area contributed by atoms with Gasteiger partial charge in [0.25, 0.3) is 0 Å². The van der Waals surface area contributed by atoms with Crippen LogP contribution in [0.5, 0.6) is 5.75 Å². The molecule has 0 spiro atoms. The van der Waals surface area contributed by atoms with Crippen molar-refractivity contribution in [2.75, 3.05) is 39.8 Å². The highest BCUT2D eigenvalue weighted by Crippen LogP contribution is 2.33. The maximum Gasteiger partial charge on any atom is 0.246 e. The molecule has 0 radical (unpaired) electrons. The number of ether oxygens (including phenoxy) is 1. The number of carbonyl (C=O) groups is 1. The monoisotopic (exact) mass is 473 g/mol. The van der Waals surface area contributed by atoms with Gasteiger partial charge in [0, 0.05) is 49.2 Å². The maximum atomic E-state index is 13.2. The van der Waals surface area contributed by atoms with E-state index in [1.807, 2.05) is 19.1 Å². The number of piperazine rings is 1. The Bertz CT molecular complexity index is 1120. The number of sulfonamides is 1. The Morgan fingerprint density at radius 1 is 1.03 bits per heavy atom. The average molecular weight is 474 g/mol. The van der Waals surface area contributed by atoms with Crippen LogP contribution >= 0.6 is 0 Å². The van der Waals surface area contributed by atoms with Gasteiger partial charge in [0.05, 0.1) is 13.7 Å². The summed E-state index contributed by atoms with van der Waals surface area (Å²) in [5, 5.41) is 0. The fourth-order valence-electron chi connectivity index (χ4n) is 5.32. The first kappa shape index (κ1) is 24.0. The van der Waals surface area contributed by atoms with Gasteiger partial charge in [-0.05, 0) is 57.4 Å². The van der Waals surface area contributed by atoms with Crippen molar-refractivity contribution in [3.05, 3.63) is 46.8 Å². The summed E-state index contributed by atoms with van der Waals surface area (Å²) in [6, 6.07) is 7.73. The van der Waals surface area contributed by atoms with Gasteiger partial charge in [-0.25, -0.2) is 8.42 Å². The Balaban J connectivity index is 1.41. The van der Waals surface area contributed by atoms with E-state index >= 15 is 0 Å². The molecule has 2 aliphatic rings. The zero-order valence-electron chi connectivity index (χ0n) is 20.1. The Morgan fingerprint density at radius 3 is 2.33 bits per heavy atom. The summed E-state index contributed by atoms with van der Waals surface area (Å²) >= 11 is 0. The van der Waals surface area contributed by atoms with E-state index < -0.39 is 10.0 Å². The summed E-state index contributed by atoms with van der Waals surface area (Å²) in [6.45, 7) is 8.09. The molecule has 0 amide bonds. The first-order chi connectivity index (χ1) is 15.7. The van der Waals surface area contributed by atoms with E-state index in [1.165, 1.54) is 37.1 Å². The normalized spacial score (nSPS) is 18.7. The van der Waals surface area contributed by atoms with Gasteiger partial charge < -0.3 is 9.30 Å². The summed E-state index contributed by atoms with van der Waals surface area (Å²) in [7, 11) is -2.17. The lowest BCUT2D eigenvalue weighted by atomic mass is 10.1. The van der Waals surface area contributed by atoms with Crippen LogP contribution < -0.4 is 4.74 Å². The fraction of sp³-hybridized carbons (Fsp3) is 0.560. The number of methoxy groups -OCH3 is 1. The van der Waals surface area contributed by atoms with Crippen molar-refractivity contribution in [1.82, 2.24) is 13.8 Å². The highest BCUT2D eigenvalue weighted by atomic mass is 32.2. The molecule has 0 bridgehead atoms. The van der Waals surface area contributed by atoms with Crippen LogP contribution in [-0.4, -0.2) is 67.8 Å². The minimum absolute atomic E-state index is 0.115. The maximum absolute atomic E-state index is 13.2. The van der Waals surface area contributed by atoms with Crippen molar-refractivity contribution < 1.29 is 17.9 Å². The van der Waals surface area contributed by atoms with Gasteiger partial charge in [-0.15, -0.1) is 0 Å². The number of aromatic nitrogens is 1. The van der Waals surface area contributed by atoms with Gasteiger partial charge in [0.1, 0.15) is 10.6 Å². The topological polar surface area (TPSA) is 71.9 Å². The molecule has 180 valence electrons. The number of ketones is 1. The Kier molecular flexibility index (Phi) is 6.98. The van der Waals surface area contributed by atoms with Crippen molar-refractivity contribution in [3.8, 4) is 5.75 Å². The second kappa shape index (κ2) is 9.60. The lowest BCUT2D eigenvalue weighted by Gasteiger charge is -2.33. The van der Waals surface area contributed by atoms with Gasteiger partial charge >= 0.3 is 0 Å². The number of hydrogen-bond donors (Lipinski definition) is 0. The molecule has 1 aliphatic heterocycles. The van der Waals surface area contributed by atoms with Crippen LogP contribution in [0.2, 0.25) is 0 Å². The second-order valence-electron chi connectivity index (χ2n) is 9.35. The van der Waals surface area contributed by atoms with Crippen molar-refractivity contribution in [1.29, 1.82) is 0 Å². The number of rotatable bonds is 7. The lowest BCUT2D eigenvalue weighted by molar-refractivity contribution is 0.0901. The second-order valence-corrected chi connectivity index (χ2v) is 11.3. The van der Waals surface area contributed by atoms with Gasteiger partial charge in [-0.3, -0.25) is 9.69 Å². The minimum atomic E-state index is -3.66. The summed E-state index contributed by atoms with van der Waals surface area (Å²) in [5.41, 5.74) is 3.90. The molecule has 1 aromatic heterocycles. The van der Waals surface area contributed by atoms with Gasteiger partial charge in [-0.1, -0.05) is 18.9 Å². The first-order valence-electron chi connectivity index (χ1n) is 11.8. The van der Waals surface area contributed by atoms with Crippen LogP contribution in [0, 0.1) is 20.8 Å². The standard InChI is InChI=1S/C25H35N3O4S/c1-18-9-10-24(32-4)25(15-18)33(30,31)27-13-11-26(12-14-27)17-23(29)22-16-19(2)28(20(22)3)21-7-5-6-8-21/h9-10,15-16,21H,5-8,11-14,17H2,1-4H3. The zero-order chi connectivity index (χ0) is 23.8. The van der Waals surface area contributed by atoms with Crippen LogP contribution in [0.15, 0.2) is 29.2 Å². The van der Waals surface area contributed by atoms with E-state index in [4.69, 9.17) is 4.74 Å². The molecule has 0 unspecified atom stereocenters. The number of hydrogen-bond acceptors (Lipinski definition) is 5. The van der Waals surface area contributed by atoms with Crippen molar-refractivity contribution >= 4 is 15.8 Å². The molecule has 1 aromatic carbocycles. The molecule has 8 heteroatoms. The SMILES string of the molecule is COc1ccc(C)cc1S(=O)(=O)N1CCN(CC(=O)c2cc(C)n(C3CCCC3)c2C)CC1. The zero-order valence-corrected chi connectivity index (χ0v) is 21.0. The smallest absolute Gasteiger partial charge is 0.246 e. The van der Waals surface area contributed by atoms with E-state index in [2.05, 4.69) is 23.3 Å². The predicted molar refractivity (Wildman–Crippen MR) is 129 cm³/mol. The number of carbonyl (C=O) groups excluding carboxylic acids is 1. The molecular formula is C25H35N3O4S. The summed E-state index contributed by atoms with van der Waals surface area (Å²) in [5.74, 6) is 0.472. The third-order valence-electron chi connectivity index (χ3n) is 7.11. The molecule has 2 heterocycles. The third kappa shape index (κ3) is 4.74. The third-order valence-corrected chi connectivity index (χ3v) is 9.03. The Morgan fingerprint density at radius 2 is 1.70 bits per heavy atom. The number of Topliss-reactive ketones (excluding diaryl/α,β-unsaturated/α-hetero) is 1. The molecule has 1 saturated heterocycles. The van der Waals surface area contributed by atoms with Crippen molar-refractivity contribution in [2.24, 2.45) is 0 Å². The Hall–Kier alpha value is -2.16. The summed E-state index contributed by atoms with van der Waals surface area (Å²) in [4.78, 5) is 15.4. The quantitative estimate of drug-likeness (QED) is 0.573. The fourth-order valence-corrected chi connectivity index (χ4v) is 6.99. The first-order valence-corrected chi connectivity index (χ1v) is 13.2. The van der Waals surface area contributed by atoms with E-state index in [-0.39, 0.29) is 10.7 Å². The van der Waals surface area contributed by atoms with Crippen LogP contribution in [-0.2, 0) is 10.0 Å². The number of aryl methyl sites for hydroxylation is 2. The molecule has 1 saturated carbocycles. The molecule has 0 N–H and O–H groups in total. The predicted octanol–water partition coefficient (Wildman–Crippen LogP) is 3.73. The van der Waals surface area contributed by atoms with E-state index in [0.29, 0.717) is 44.5 Å². The molecule has 0 atom stereocenters. The molecule has 2 aromatic rings. The molecule has 4 rings (SSSR count). The van der Waals surface area contributed by atoms with E-state index in [1.54, 1.807) is 12.1 Å². The lowest BCUT2D eigenvalue weighted by Crippen LogP contribution is -2.49. The minimum Gasteiger partial charge on any atom is -0.495 e. The van der Waals surface area contributed by atoms with Crippen molar-refractivity contribution in [3.63, 3.8) is 0 Å². The van der Waals surface area contributed by atoms with Crippen LogP contribution in [0.4, 0.5) is 0 Å². The summed E-state index contributed by atoms with van der Waals surface area (Å²) in [6.07, 6.45) is 4.89. The van der Waals surface area contributed by atoms with Gasteiger partial charge in [0.15, 0.2) is 5.78 Å². The highest BCUT2D eigenvalue weighted by molar-refractivity contribution is 7.89. The van der Waals surface area contributed by atoms with E-state index in [9.17, 15) is 13.2 Å². The average Bonchev–Trinajstić information content (AvgIpc) is 3.41. The molecule has 1 aliphatic carbocycles. The molecule has 2 fully saturated rings. The van der Waals surface area contributed by atoms with Crippen LogP contribution in [0.3, 0.4) is 0 Å². The largest absolute Gasteiger partial charge is 0.495 e. The molecular weight excluding hydrogens is 438 g/mol. The number of nitrogens with zero attached hydrogens (tertiary/aromatic N) is 3. The number of benzene rings is 1. The van der Waals surface area contributed by atoms with Gasteiger partial charge in [-0.2, -0.15) is 4.31 Å².